The monoisotopic (exact) mass is 1380 g/mol. The molecule has 0 saturated carbocycles. The van der Waals surface area contributed by atoms with Crippen LogP contribution in [0.3, 0.4) is 0 Å². The molecule has 3 amide bonds. The Morgan fingerprint density at radius 2 is 0.915 bits per heavy atom. The van der Waals surface area contributed by atoms with Crippen LogP contribution in [0.4, 0.5) is 0 Å². The fourth-order valence-corrected chi connectivity index (χ4v) is 12.9. The van der Waals surface area contributed by atoms with Gasteiger partial charge in [-0.25, -0.2) is 9.59 Å². The summed E-state index contributed by atoms with van der Waals surface area (Å²) in [5.41, 5.74) is -1.37. The number of carbonyl (C=O) groups is 5. The Kier molecular flexibility index (Phi) is 27.1. The van der Waals surface area contributed by atoms with Crippen molar-refractivity contribution in [3.05, 3.63) is 30.3 Å². The first-order valence-electron chi connectivity index (χ1n) is 29.5. The molecule has 6 fully saturated rings. The molecule has 1 aromatic carbocycles. The molecular formula is C54H83N3O36S. The molecule has 13 unspecified atom stereocenters. The molecule has 6 aliphatic heterocycles. The maximum absolute atomic E-state index is 13.3. The maximum atomic E-state index is 13.3. The van der Waals surface area contributed by atoms with E-state index in [0.717, 1.165) is 32.5 Å². The van der Waals surface area contributed by atoms with E-state index in [1.54, 1.807) is 30.3 Å². The fraction of sp³-hybridized carbons (Fsp3) is 0.796. The lowest BCUT2D eigenvalue weighted by Gasteiger charge is -2.51. The minimum atomic E-state index is -3.26. The molecule has 0 aliphatic carbocycles. The molecule has 6 aliphatic rings. The number of ether oxygens (including phenoxy) is 11. The SMILES string of the molecule is CC(=O)NC1C(O)[C@H](O[C@@H]2O[C@@H](CO)[C@H](O)C(O[C@]3(C(=O)O)CC(O)[C@@H](NC(C)=O)[C@H]([C@H](O)[C@H](O)CO)O3)C2O)C(CO[C@@H]2OC(CO)[C@H](O)C(O)C2O[C@@H]2OC(CO)[C@H](O)C(O[C@]3(C(=O)O)C[C@@H](O)[C@@H](NC(C)=O)C([C@H](O)[C@H](O)CO)O3)C2O)O[C@H]1Sc1ccccc1. The van der Waals surface area contributed by atoms with Crippen molar-refractivity contribution in [2.24, 2.45) is 0 Å². The highest BCUT2D eigenvalue weighted by Crippen LogP contribution is 2.42. The van der Waals surface area contributed by atoms with Crippen LogP contribution in [0.2, 0.25) is 0 Å². The van der Waals surface area contributed by atoms with Gasteiger partial charge in [0, 0.05) is 38.5 Å². The highest BCUT2D eigenvalue weighted by molar-refractivity contribution is 7.99. The van der Waals surface area contributed by atoms with Gasteiger partial charge in [0.05, 0.1) is 70.0 Å². The van der Waals surface area contributed by atoms with Crippen LogP contribution in [0.5, 0.6) is 0 Å². The number of aliphatic hydroxyl groups is 18. The van der Waals surface area contributed by atoms with Crippen molar-refractivity contribution < 1.29 is 178 Å². The number of aliphatic carboxylic acids is 2. The van der Waals surface area contributed by atoms with Crippen molar-refractivity contribution in [2.75, 3.05) is 39.6 Å². The summed E-state index contributed by atoms with van der Waals surface area (Å²) in [6.45, 7) is -3.71. The Balaban J connectivity index is 1.22. The number of thioether (sulfide) groups is 1. The average molecular weight is 1380 g/mol. The van der Waals surface area contributed by atoms with E-state index in [4.69, 9.17) is 52.1 Å². The van der Waals surface area contributed by atoms with Crippen LogP contribution in [-0.2, 0) is 76.1 Å². The zero-order chi connectivity index (χ0) is 69.6. The van der Waals surface area contributed by atoms with Crippen molar-refractivity contribution >= 4 is 41.4 Å². The molecule has 6 saturated heterocycles. The Hall–Kier alpha value is -4.24. The van der Waals surface area contributed by atoms with Crippen molar-refractivity contribution in [3.8, 4) is 0 Å². The molecule has 39 nitrogen and oxygen atoms in total. The van der Waals surface area contributed by atoms with Gasteiger partial charge >= 0.3 is 11.9 Å². The number of aliphatic hydroxyl groups excluding tert-OH is 18. The van der Waals surface area contributed by atoms with Gasteiger partial charge in [0.15, 0.2) is 18.9 Å². The normalized spacial score (nSPS) is 42.5. The van der Waals surface area contributed by atoms with Crippen LogP contribution in [0, 0.1) is 0 Å². The second-order valence-corrected chi connectivity index (χ2v) is 24.4. The van der Waals surface area contributed by atoms with Crippen LogP contribution in [0.15, 0.2) is 35.2 Å². The molecule has 0 spiro atoms. The van der Waals surface area contributed by atoms with Crippen LogP contribution in [-0.4, -0.2) is 366 Å². The summed E-state index contributed by atoms with van der Waals surface area (Å²) in [4.78, 5) is 64.2. The van der Waals surface area contributed by atoms with E-state index >= 15 is 0 Å². The lowest BCUT2D eigenvalue weighted by molar-refractivity contribution is -0.393. The largest absolute Gasteiger partial charge is 0.477 e. The summed E-state index contributed by atoms with van der Waals surface area (Å²) >= 11 is 0.914. The molecule has 32 atom stereocenters. The predicted molar refractivity (Wildman–Crippen MR) is 298 cm³/mol. The van der Waals surface area contributed by atoms with Crippen molar-refractivity contribution in [1.29, 1.82) is 0 Å². The molecule has 6 heterocycles. The van der Waals surface area contributed by atoms with Gasteiger partial charge in [0.1, 0.15) is 134 Å². The molecule has 0 aromatic heterocycles. The minimum Gasteiger partial charge on any atom is -0.477 e. The first-order valence-corrected chi connectivity index (χ1v) is 30.3. The smallest absolute Gasteiger partial charge is 0.364 e. The molecule has 23 N–H and O–H groups in total. The summed E-state index contributed by atoms with van der Waals surface area (Å²) in [6, 6.07) is 3.22. The van der Waals surface area contributed by atoms with E-state index in [-0.39, 0.29) is 0 Å². The summed E-state index contributed by atoms with van der Waals surface area (Å²) in [5.74, 6) is -13.2. The molecule has 94 heavy (non-hydrogen) atoms. The third kappa shape index (κ3) is 17.1. The molecule has 536 valence electrons. The topological polar surface area (TPSA) is 628 Å². The zero-order valence-electron chi connectivity index (χ0n) is 50.2. The Morgan fingerprint density at radius 3 is 1.32 bits per heavy atom. The molecule has 1 aromatic rings. The highest BCUT2D eigenvalue weighted by Gasteiger charge is 2.63. The molecule has 0 radical (unpaired) electrons. The van der Waals surface area contributed by atoms with E-state index in [1.165, 1.54) is 0 Å². The number of benzene rings is 1. The van der Waals surface area contributed by atoms with Crippen LogP contribution in [0.1, 0.15) is 33.6 Å². The van der Waals surface area contributed by atoms with E-state index in [9.17, 15) is 126 Å². The molecule has 40 heteroatoms. The van der Waals surface area contributed by atoms with Gasteiger partial charge in [-0.1, -0.05) is 30.0 Å². The van der Waals surface area contributed by atoms with Gasteiger partial charge in [-0.05, 0) is 12.1 Å². The number of carbonyl (C=O) groups excluding carboxylic acids is 3. The first-order chi connectivity index (χ1) is 44.3. The quantitative estimate of drug-likeness (QED) is 0.0389. The number of hydrogen-bond donors (Lipinski definition) is 23. The van der Waals surface area contributed by atoms with Crippen molar-refractivity contribution in [1.82, 2.24) is 16.0 Å². The highest BCUT2D eigenvalue weighted by atomic mass is 32.2. The van der Waals surface area contributed by atoms with E-state index in [0.29, 0.717) is 4.90 Å². The number of carboxylic acid groups (broad SMARTS) is 2. The van der Waals surface area contributed by atoms with Crippen LogP contribution in [0.25, 0.3) is 0 Å². The first kappa shape index (κ1) is 77.1. The third-order valence-corrected chi connectivity index (χ3v) is 17.7. The van der Waals surface area contributed by atoms with Gasteiger partial charge in [-0.3, -0.25) is 14.4 Å². The summed E-state index contributed by atoms with van der Waals surface area (Å²) in [6.07, 6.45) is -58.6. The van der Waals surface area contributed by atoms with E-state index in [2.05, 4.69) is 16.0 Å². The standard InChI is InChI=1S/C54H83N3O36S/c1-17(63)55-29-21(66)9-53(51(79)80,90-42(29)32(70)23(68)11-58)92-44-35(73)26(14-61)84-47(39(44)77)88-41-28(87-50(31(37(41)75)57-19(3)65)94-20-7-5-4-6-8-20)16-83-49-46(38(76)34(72)25(13-60)86-49)89-48-40(78)45(36(74)27(15-62)85-48)93-54(52(81)82)10-22(67)30(56-18(2)64)43(91-54)33(71)24(69)12-59/h4-8,21-50,58-62,66-78H,9-16H2,1-3H3,(H,55,63)(H,56,64)(H,57,65)(H,79,80)(H,81,82)/t21?,22-,23-,24-,25?,26+,27?,28?,29-,30-,31?,32-,33-,34+,35+,36+,37?,38?,39?,40?,41-,42-,43?,44?,45?,46?,47+,48+,49-,50+,53+,54+/m1/s1. The lowest BCUT2D eigenvalue weighted by atomic mass is 9.88. The second kappa shape index (κ2) is 33.1. The van der Waals surface area contributed by atoms with Crippen molar-refractivity contribution in [3.63, 3.8) is 0 Å². The number of hydrogen-bond acceptors (Lipinski definition) is 35. The predicted octanol–water partition coefficient (Wildman–Crippen LogP) is -12.5. The van der Waals surface area contributed by atoms with E-state index < -0.39 is 277 Å². The lowest BCUT2D eigenvalue weighted by Crippen LogP contribution is -2.71. The minimum absolute atomic E-state index is 0.463. The Bertz CT molecular complexity index is 2650. The van der Waals surface area contributed by atoms with Crippen LogP contribution < -0.4 is 16.0 Å². The molecular weight excluding hydrogens is 1300 g/mol. The number of rotatable bonds is 27. The van der Waals surface area contributed by atoms with E-state index in [1.807, 2.05) is 0 Å². The molecule has 0 bridgehead atoms. The Morgan fingerprint density at radius 1 is 0.511 bits per heavy atom. The number of nitrogens with one attached hydrogen (secondary N) is 3. The number of amides is 3. The average Bonchev–Trinajstić information content (AvgIpc) is 0.762. The fourth-order valence-electron chi connectivity index (χ4n) is 11.7. The van der Waals surface area contributed by atoms with Gasteiger partial charge in [-0.2, -0.15) is 0 Å². The second-order valence-electron chi connectivity index (χ2n) is 23.3. The maximum Gasteiger partial charge on any atom is 0.364 e. The number of carboxylic acids is 2. The third-order valence-electron chi connectivity index (χ3n) is 16.5. The van der Waals surface area contributed by atoms with Gasteiger partial charge in [0.25, 0.3) is 11.6 Å². The van der Waals surface area contributed by atoms with Crippen LogP contribution >= 0.6 is 11.8 Å². The van der Waals surface area contributed by atoms with Gasteiger partial charge in [0.2, 0.25) is 17.7 Å². The Labute approximate surface area is 537 Å². The van der Waals surface area contributed by atoms with Gasteiger partial charge < -0.3 is 170 Å². The molecule has 7 rings (SSSR count). The summed E-state index contributed by atoms with van der Waals surface area (Å²) in [5, 5.41) is 227. The summed E-state index contributed by atoms with van der Waals surface area (Å²) < 4.78 is 65.0. The zero-order valence-corrected chi connectivity index (χ0v) is 51.1. The van der Waals surface area contributed by atoms with Gasteiger partial charge in [-0.15, -0.1) is 0 Å². The van der Waals surface area contributed by atoms with Crippen molar-refractivity contribution in [2.45, 2.75) is 233 Å². The summed E-state index contributed by atoms with van der Waals surface area (Å²) in [7, 11) is 0.